The Morgan fingerprint density at radius 1 is 1.17 bits per heavy atom. The molecule has 2 heteroatoms. The minimum Gasteiger partial charge on any atom is -0.481 e. The molecule has 2 aromatic carbocycles. The van der Waals surface area contributed by atoms with Crippen LogP contribution in [0.25, 0.3) is 10.8 Å². The maximum atomic E-state index is 10.5. The van der Waals surface area contributed by atoms with Crippen LogP contribution < -0.4 is 0 Å². The van der Waals surface area contributed by atoms with Crippen molar-refractivity contribution >= 4 is 16.7 Å². The number of carboxylic acids is 1. The van der Waals surface area contributed by atoms with Crippen molar-refractivity contribution in [2.75, 3.05) is 0 Å². The molecule has 0 aromatic heterocycles. The summed E-state index contributed by atoms with van der Waals surface area (Å²) in [5, 5.41) is 11.2. The Balaban J connectivity index is 2.17. The number of fused-ring (bicyclic) bond motifs is 1. The molecule has 1 N–H and O–H groups in total. The fourth-order valence-electron chi connectivity index (χ4n) is 2.40. The van der Waals surface area contributed by atoms with Gasteiger partial charge < -0.3 is 5.11 Å². The van der Waals surface area contributed by atoms with Crippen LogP contribution in [-0.4, -0.2) is 11.1 Å². The van der Waals surface area contributed by atoms with Gasteiger partial charge in [0.1, 0.15) is 0 Å². The number of carbonyl (C=O) groups is 1. The van der Waals surface area contributed by atoms with E-state index >= 15 is 0 Å². The van der Waals surface area contributed by atoms with E-state index < -0.39 is 5.97 Å². The number of rotatable bonds is 5. The zero-order valence-electron chi connectivity index (χ0n) is 10.6. The summed E-state index contributed by atoms with van der Waals surface area (Å²) in [6, 6.07) is 14.7. The third-order valence-corrected chi connectivity index (χ3v) is 3.38. The molecule has 2 rings (SSSR count). The fourth-order valence-corrected chi connectivity index (χ4v) is 2.40. The third-order valence-electron chi connectivity index (χ3n) is 3.38. The molecule has 0 aliphatic carbocycles. The van der Waals surface area contributed by atoms with Crippen molar-refractivity contribution in [1.82, 2.24) is 0 Å². The molecule has 0 amide bonds. The van der Waals surface area contributed by atoms with Crippen molar-refractivity contribution in [3.63, 3.8) is 0 Å². The summed E-state index contributed by atoms with van der Waals surface area (Å²) in [5.41, 5.74) is 1.32. The van der Waals surface area contributed by atoms with Gasteiger partial charge in [-0.3, -0.25) is 4.79 Å². The van der Waals surface area contributed by atoms with Crippen molar-refractivity contribution in [3.05, 3.63) is 48.0 Å². The highest BCUT2D eigenvalue weighted by Crippen LogP contribution is 2.28. The van der Waals surface area contributed by atoms with Gasteiger partial charge in [-0.1, -0.05) is 49.4 Å². The van der Waals surface area contributed by atoms with Gasteiger partial charge >= 0.3 is 5.97 Å². The van der Waals surface area contributed by atoms with Crippen LogP contribution in [0.15, 0.2) is 42.5 Å². The number of benzene rings is 2. The van der Waals surface area contributed by atoms with E-state index in [1.165, 1.54) is 16.3 Å². The molecule has 0 saturated carbocycles. The van der Waals surface area contributed by atoms with E-state index in [4.69, 9.17) is 5.11 Å². The summed E-state index contributed by atoms with van der Waals surface area (Å²) in [6.45, 7) is 2.17. The lowest BCUT2D eigenvalue weighted by molar-refractivity contribution is -0.137. The predicted octanol–water partition coefficient (Wildman–Crippen LogP) is 4.20. The Hall–Kier alpha value is -1.83. The average Bonchev–Trinajstić information content (AvgIpc) is 2.37. The minimum atomic E-state index is -0.708. The molecular formula is C16H18O2. The van der Waals surface area contributed by atoms with Gasteiger partial charge in [0.2, 0.25) is 0 Å². The monoisotopic (exact) mass is 242 g/mol. The molecule has 0 spiro atoms. The Kier molecular flexibility index (Phi) is 3.98. The number of carboxylic acid groups (broad SMARTS) is 1. The molecule has 2 nitrogen and oxygen atoms in total. The molecular weight excluding hydrogens is 224 g/mol. The summed E-state index contributed by atoms with van der Waals surface area (Å²) in [6.07, 6.45) is 1.91. The zero-order chi connectivity index (χ0) is 13.0. The van der Waals surface area contributed by atoms with E-state index in [-0.39, 0.29) is 6.42 Å². The number of aliphatic carboxylic acids is 1. The lowest BCUT2D eigenvalue weighted by Crippen LogP contribution is -1.99. The molecule has 94 valence electrons. The molecule has 0 fully saturated rings. The van der Waals surface area contributed by atoms with Crippen LogP contribution in [0.4, 0.5) is 0 Å². The van der Waals surface area contributed by atoms with Crippen LogP contribution in [0, 0.1) is 0 Å². The first-order valence-electron chi connectivity index (χ1n) is 6.38. The second kappa shape index (κ2) is 5.67. The van der Waals surface area contributed by atoms with Crippen LogP contribution in [0.2, 0.25) is 0 Å². The van der Waals surface area contributed by atoms with Crippen LogP contribution >= 0.6 is 0 Å². The van der Waals surface area contributed by atoms with E-state index in [0.29, 0.717) is 5.92 Å². The Labute approximate surface area is 107 Å². The molecule has 18 heavy (non-hydrogen) atoms. The molecule has 0 saturated heterocycles. The largest absolute Gasteiger partial charge is 0.481 e. The van der Waals surface area contributed by atoms with Gasteiger partial charge in [0.15, 0.2) is 0 Å². The van der Waals surface area contributed by atoms with E-state index in [1.807, 2.05) is 6.07 Å². The van der Waals surface area contributed by atoms with Crippen molar-refractivity contribution in [1.29, 1.82) is 0 Å². The average molecular weight is 242 g/mol. The van der Waals surface area contributed by atoms with Gasteiger partial charge in [-0.2, -0.15) is 0 Å². The van der Waals surface area contributed by atoms with Gasteiger partial charge in [-0.05, 0) is 35.1 Å². The Bertz CT molecular complexity index is 540. The van der Waals surface area contributed by atoms with Crippen molar-refractivity contribution < 1.29 is 9.90 Å². The first-order chi connectivity index (χ1) is 8.68. The quantitative estimate of drug-likeness (QED) is 0.853. The SMILES string of the molecule is CC(CCCC(=O)O)c1cccc2ccccc12. The van der Waals surface area contributed by atoms with Crippen LogP contribution in [0.3, 0.4) is 0 Å². The summed E-state index contributed by atoms with van der Waals surface area (Å²) in [7, 11) is 0. The number of hydrogen-bond donors (Lipinski definition) is 1. The van der Waals surface area contributed by atoms with Crippen LogP contribution in [0.1, 0.15) is 37.7 Å². The van der Waals surface area contributed by atoms with Gasteiger partial charge in [-0.15, -0.1) is 0 Å². The lowest BCUT2D eigenvalue weighted by atomic mass is 9.91. The van der Waals surface area contributed by atoms with Gasteiger partial charge in [0.25, 0.3) is 0 Å². The second-order valence-corrected chi connectivity index (χ2v) is 4.76. The minimum absolute atomic E-state index is 0.259. The summed E-state index contributed by atoms with van der Waals surface area (Å²) in [4.78, 5) is 10.5. The van der Waals surface area contributed by atoms with Crippen molar-refractivity contribution in [3.8, 4) is 0 Å². The molecule has 2 aromatic rings. The van der Waals surface area contributed by atoms with E-state index in [0.717, 1.165) is 12.8 Å². The van der Waals surface area contributed by atoms with Gasteiger partial charge in [0.05, 0.1) is 0 Å². The van der Waals surface area contributed by atoms with Gasteiger partial charge in [-0.25, -0.2) is 0 Å². The van der Waals surface area contributed by atoms with Crippen molar-refractivity contribution in [2.24, 2.45) is 0 Å². The van der Waals surface area contributed by atoms with Crippen molar-refractivity contribution in [2.45, 2.75) is 32.1 Å². The topological polar surface area (TPSA) is 37.3 Å². The van der Waals surface area contributed by atoms with Gasteiger partial charge in [0, 0.05) is 6.42 Å². The third kappa shape index (κ3) is 2.89. The Morgan fingerprint density at radius 3 is 2.67 bits per heavy atom. The molecule has 1 unspecified atom stereocenters. The van der Waals surface area contributed by atoms with E-state index in [1.54, 1.807) is 0 Å². The second-order valence-electron chi connectivity index (χ2n) is 4.76. The smallest absolute Gasteiger partial charge is 0.303 e. The standard InChI is InChI=1S/C16H18O2/c1-12(6-4-11-16(17)18)14-10-5-8-13-7-2-3-9-15(13)14/h2-3,5,7-10,12H,4,6,11H2,1H3,(H,17,18). The molecule has 0 aliphatic heterocycles. The number of hydrogen-bond acceptors (Lipinski definition) is 1. The maximum absolute atomic E-state index is 10.5. The normalized spacial score (nSPS) is 12.5. The predicted molar refractivity (Wildman–Crippen MR) is 73.8 cm³/mol. The first kappa shape index (κ1) is 12.6. The van der Waals surface area contributed by atoms with Crippen LogP contribution in [0.5, 0.6) is 0 Å². The highest BCUT2D eigenvalue weighted by Gasteiger charge is 2.09. The Morgan fingerprint density at radius 2 is 1.89 bits per heavy atom. The molecule has 0 aliphatic rings. The summed E-state index contributed by atoms with van der Waals surface area (Å²) >= 11 is 0. The highest BCUT2D eigenvalue weighted by atomic mass is 16.4. The maximum Gasteiger partial charge on any atom is 0.303 e. The van der Waals surface area contributed by atoms with E-state index in [9.17, 15) is 4.79 Å². The highest BCUT2D eigenvalue weighted by molar-refractivity contribution is 5.86. The fraction of sp³-hybridized carbons (Fsp3) is 0.312. The molecule has 0 bridgehead atoms. The molecule has 1 atom stereocenters. The summed E-state index contributed by atoms with van der Waals surface area (Å²) in [5.74, 6) is -0.310. The van der Waals surface area contributed by atoms with Crippen LogP contribution in [-0.2, 0) is 4.79 Å². The summed E-state index contributed by atoms with van der Waals surface area (Å²) < 4.78 is 0. The zero-order valence-corrected chi connectivity index (χ0v) is 10.6. The first-order valence-corrected chi connectivity index (χ1v) is 6.38. The molecule has 0 radical (unpaired) electrons. The van der Waals surface area contributed by atoms with E-state index in [2.05, 4.69) is 43.3 Å². The molecule has 0 heterocycles. The lowest BCUT2D eigenvalue weighted by Gasteiger charge is -2.14.